The maximum absolute atomic E-state index is 11.1. The SMILES string of the molecule is Cc1cc(=O)n(C)cc1I.Cc1ccn(C)c(=O)c1.Cc1ccn(C)c(=O)c1I. The molecule has 0 unspecified atom stereocenters. The van der Waals surface area contributed by atoms with Gasteiger partial charge in [-0.3, -0.25) is 14.4 Å². The van der Waals surface area contributed by atoms with Gasteiger partial charge in [-0.15, -0.1) is 0 Å². The summed E-state index contributed by atoms with van der Waals surface area (Å²) in [6, 6.07) is 7.09. The molecule has 3 aromatic heterocycles. The van der Waals surface area contributed by atoms with E-state index in [1.54, 1.807) is 59.4 Å². The summed E-state index contributed by atoms with van der Waals surface area (Å²) in [6.45, 7) is 5.77. The van der Waals surface area contributed by atoms with Crippen molar-refractivity contribution < 1.29 is 0 Å². The molecule has 8 heteroatoms. The molecule has 0 fully saturated rings. The van der Waals surface area contributed by atoms with Crippen LogP contribution in [0.5, 0.6) is 0 Å². The topological polar surface area (TPSA) is 66.0 Å². The van der Waals surface area contributed by atoms with E-state index in [1.165, 1.54) is 0 Å². The second kappa shape index (κ2) is 11.5. The summed E-state index contributed by atoms with van der Waals surface area (Å²) in [6.07, 6.45) is 5.37. The second-order valence-electron chi connectivity index (χ2n) is 6.64. The van der Waals surface area contributed by atoms with Gasteiger partial charge >= 0.3 is 0 Å². The van der Waals surface area contributed by atoms with Gasteiger partial charge in [-0.25, -0.2) is 0 Å². The van der Waals surface area contributed by atoms with Crippen LogP contribution in [0.3, 0.4) is 0 Å². The molecule has 0 atom stereocenters. The number of hydrogen-bond acceptors (Lipinski definition) is 3. The molecule has 0 N–H and O–H groups in total. The Kier molecular flexibility index (Phi) is 10.0. The summed E-state index contributed by atoms with van der Waals surface area (Å²) < 4.78 is 6.64. The fraction of sp³-hybridized carbons (Fsp3) is 0.286. The summed E-state index contributed by atoms with van der Waals surface area (Å²) in [5.74, 6) is 0. The van der Waals surface area contributed by atoms with Crippen LogP contribution < -0.4 is 16.7 Å². The average molecular weight is 621 g/mol. The molecular formula is C21H25I2N3O3. The average Bonchev–Trinajstić information content (AvgIpc) is 2.66. The molecule has 0 saturated carbocycles. The van der Waals surface area contributed by atoms with Crippen LogP contribution in [-0.2, 0) is 21.1 Å². The first kappa shape index (κ1) is 25.3. The molecule has 0 radical (unpaired) electrons. The highest BCUT2D eigenvalue weighted by molar-refractivity contribution is 14.1. The minimum Gasteiger partial charge on any atom is -0.319 e. The third-order valence-electron chi connectivity index (χ3n) is 4.03. The van der Waals surface area contributed by atoms with E-state index in [1.807, 2.05) is 39.1 Å². The molecule has 3 aromatic rings. The van der Waals surface area contributed by atoms with E-state index in [4.69, 9.17) is 0 Å². The van der Waals surface area contributed by atoms with Crippen LogP contribution in [0.15, 0.2) is 57.2 Å². The minimum atomic E-state index is 0.0509. The number of aryl methyl sites for hydroxylation is 6. The quantitative estimate of drug-likeness (QED) is 0.363. The van der Waals surface area contributed by atoms with Gasteiger partial charge in [-0.2, -0.15) is 0 Å². The zero-order chi connectivity index (χ0) is 22.3. The normalized spacial score (nSPS) is 9.79. The van der Waals surface area contributed by atoms with E-state index in [9.17, 15) is 14.4 Å². The van der Waals surface area contributed by atoms with Crippen LogP contribution in [0.1, 0.15) is 16.7 Å². The number of aromatic nitrogens is 3. The zero-order valence-electron chi connectivity index (χ0n) is 17.4. The van der Waals surface area contributed by atoms with Crippen molar-refractivity contribution in [2.45, 2.75) is 20.8 Å². The molecule has 0 aliphatic carbocycles. The van der Waals surface area contributed by atoms with E-state index >= 15 is 0 Å². The van der Waals surface area contributed by atoms with Gasteiger partial charge < -0.3 is 13.7 Å². The second-order valence-corrected chi connectivity index (χ2v) is 8.88. The van der Waals surface area contributed by atoms with E-state index < -0.39 is 0 Å². The molecule has 6 nitrogen and oxygen atoms in total. The van der Waals surface area contributed by atoms with Crippen molar-refractivity contribution in [1.82, 2.24) is 13.7 Å². The van der Waals surface area contributed by atoms with Crippen LogP contribution in [0.25, 0.3) is 0 Å². The van der Waals surface area contributed by atoms with Crippen molar-refractivity contribution in [2.75, 3.05) is 0 Å². The number of nitrogens with zero attached hydrogens (tertiary/aromatic N) is 3. The Balaban J connectivity index is 0.000000218. The molecule has 0 amide bonds. The largest absolute Gasteiger partial charge is 0.319 e. The number of hydrogen-bond donors (Lipinski definition) is 0. The lowest BCUT2D eigenvalue weighted by atomic mass is 10.3. The van der Waals surface area contributed by atoms with E-state index in [2.05, 4.69) is 45.2 Å². The van der Waals surface area contributed by atoms with Gasteiger partial charge in [-0.1, -0.05) is 0 Å². The van der Waals surface area contributed by atoms with Crippen LogP contribution >= 0.6 is 45.2 Å². The first-order chi connectivity index (χ1) is 13.4. The molecule has 3 heterocycles. The van der Waals surface area contributed by atoms with Gasteiger partial charge in [0.25, 0.3) is 16.7 Å². The lowest BCUT2D eigenvalue weighted by Gasteiger charge is -1.99. The predicted molar refractivity (Wildman–Crippen MR) is 135 cm³/mol. The van der Waals surface area contributed by atoms with Crippen LogP contribution in [0.2, 0.25) is 0 Å². The Labute approximate surface area is 197 Å². The van der Waals surface area contributed by atoms with Crippen LogP contribution in [-0.4, -0.2) is 13.7 Å². The smallest absolute Gasteiger partial charge is 0.263 e. The van der Waals surface area contributed by atoms with Gasteiger partial charge in [0.05, 0.1) is 3.57 Å². The van der Waals surface area contributed by atoms with Crippen LogP contribution in [0, 0.1) is 27.9 Å². The first-order valence-corrected chi connectivity index (χ1v) is 10.9. The van der Waals surface area contributed by atoms with Crippen LogP contribution in [0.4, 0.5) is 0 Å². The predicted octanol–water partition coefficient (Wildman–Crippen LogP) is 3.29. The summed E-state index contributed by atoms with van der Waals surface area (Å²) >= 11 is 4.27. The maximum atomic E-state index is 11.1. The maximum Gasteiger partial charge on any atom is 0.263 e. The monoisotopic (exact) mass is 621 g/mol. The molecule has 0 aromatic carbocycles. The van der Waals surface area contributed by atoms with E-state index in [-0.39, 0.29) is 16.7 Å². The van der Waals surface area contributed by atoms with Gasteiger partial charge in [0, 0.05) is 55.4 Å². The van der Waals surface area contributed by atoms with Gasteiger partial charge in [0.1, 0.15) is 0 Å². The third-order valence-corrected chi connectivity index (χ3v) is 6.48. The van der Waals surface area contributed by atoms with Gasteiger partial charge in [-0.05, 0) is 94.8 Å². The molecule has 0 aliphatic heterocycles. The van der Waals surface area contributed by atoms with Crippen molar-refractivity contribution >= 4 is 45.2 Å². The molecule has 3 rings (SSSR count). The molecule has 0 spiro atoms. The lowest BCUT2D eigenvalue weighted by molar-refractivity contribution is 0.847. The summed E-state index contributed by atoms with van der Waals surface area (Å²) in [7, 11) is 5.25. The summed E-state index contributed by atoms with van der Waals surface area (Å²) in [5, 5.41) is 0. The highest BCUT2D eigenvalue weighted by Gasteiger charge is 1.99. The molecule has 156 valence electrons. The fourth-order valence-electron chi connectivity index (χ4n) is 2.03. The number of pyridine rings is 3. The fourth-order valence-corrected chi connectivity index (χ4v) is 3.16. The highest BCUT2D eigenvalue weighted by Crippen LogP contribution is 2.06. The highest BCUT2D eigenvalue weighted by atomic mass is 127. The van der Waals surface area contributed by atoms with Gasteiger partial charge in [0.2, 0.25) is 0 Å². The number of rotatable bonds is 0. The van der Waals surface area contributed by atoms with Crippen molar-refractivity contribution in [3.63, 3.8) is 0 Å². The zero-order valence-corrected chi connectivity index (χ0v) is 21.7. The van der Waals surface area contributed by atoms with Crippen molar-refractivity contribution in [2.24, 2.45) is 21.1 Å². The molecular weight excluding hydrogens is 596 g/mol. The Morgan fingerprint density at radius 1 is 0.724 bits per heavy atom. The Morgan fingerprint density at radius 2 is 1.28 bits per heavy atom. The Bertz CT molecular complexity index is 1160. The van der Waals surface area contributed by atoms with E-state index in [0.717, 1.165) is 23.8 Å². The molecule has 0 saturated heterocycles. The first-order valence-electron chi connectivity index (χ1n) is 8.71. The Morgan fingerprint density at radius 3 is 1.76 bits per heavy atom. The summed E-state index contributed by atoms with van der Waals surface area (Å²) in [4.78, 5) is 32.9. The molecule has 0 bridgehead atoms. The standard InChI is InChI=1S/2C7H8INO.C7H9NO/c1-5-3-7(10)9(2)4-6(5)8;1-5-3-4-9(2)7(10)6(5)8;1-6-3-4-8(2)7(9)5-6/h2*3-4H,1-2H3;3-5H,1-2H3. The minimum absolute atomic E-state index is 0.0509. The van der Waals surface area contributed by atoms with Crippen molar-refractivity contribution in [1.29, 1.82) is 0 Å². The van der Waals surface area contributed by atoms with Crippen molar-refractivity contribution in [3.8, 4) is 0 Å². The molecule has 0 aliphatic rings. The Hall–Kier alpha value is -1.69. The van der Waals surface area contributed by atoms with Crippen molar-refractivity contribution in [3.05, 3.63) is 97.7 Å². The van der Waals surface area contributed by atoms with Gasteiger partial charge in [0.15, 0.2) is 0 Å². The van der Waals surface area contributed by atoms with E-state index in [0.29, 0.717) is 0 Å². The third kappa shape index (κ3) is 7.92. The number of halogens is 2. The molecule has 29 heavy (non-hydrogen) atoms. The lowest BCUT2D eigenvalue weighted by Crippen LogP contribution is -2.19. The summed E-state index contributed by atoms with van der Waals surface area (Å²) in [5.41, 5.74) is 3.29.